The lowest BCUT2D eigenvalue weighted by atomic mass is 10.1. The molecule has 2 heterocycles. The maximum absolute atomic E-state index is 5.88. The van der Waals surface area contributed by atoms with Crippen LogP contribution in [0.25, 0.3) is 0 Å². The first-order valence-corrected chi connectivity index (χ1v) is 6.88. The number of likely N-dealkylation sites (tertiary alicyclic amines) is 1. The van der Waals surface area contributed by atoms with Crippen molar-refractivity contribution in [3.05, 3.63) is 34.9 Å². The molecule has 0 N–H and O–H groups in total. The highest BCUT2D eigenvalue weighted by Crippen LogP contribution is 2.30. The van der Waals surface area contributed by atoms with Gasteiger partial charge in [-0.2, -0.15) is 0 Å². The molecule has 2 saturated heterocycles. The van der Waals surface area contributed by atoms with Crippen LogP contribution in [0.2, 0.25) is 5.02 Å². The van der Waals surface area contributed by atoms with Crippen LogP contribution < -0.4 is 0 Å². The first-order valence-electron chi connectivity index (χ1n) is 6.51. The number of rotatable bonds is 3. The summed E-state index contributed by atoms with van der Waals surface area (Å²) < 4.78 is 11.4. The van der Waals surface area contributed by atoms with Gasteiger partial charge in [-0.3, -0.25) is 4.90 Å². The van der Waals surface area contributed by atoms with E-state index >= 15 is 0 Å². The van der Waals surface area contributed by atoms with Crippen molar-refractivity contribution < 1.29 is 9.47 Å². The molecule has 0 bridgehead atoms. The Kier molecular flexibility index (Phi) is 3.57. The molecule has 0 radical (unpaired) electrons. The van der Waals surface area contributed by atoms with Crippen molar-refractivity contribution in [2.45, 2.75) is 18.6 Å². The second-order valence-corrected chi connectivity index (χ2v) is 5.45. The summed E-state index contributed by atoms with van der Waals surface area (Å²) in [5, 5.41) is 0.798. The maximum atomic E-state index is 5.88. The van der Waals surface area contributed by atoms with E-state index in [1.54, 1.807) is 0 Å². The second kappa shape index (κ2) is 5.17. The van der Waals surface area contributed by atoms with Gasteiger partial charge in [0.25, 0.3) is 0 Å². The van der Waals surface area contributed by atoms with Gasteiger partial charge >= 0.3 is 0 Å². The molecule has 0 saturated carbocycles. The Bertz CT molecular complexity index is 401. The highest BCUT2D eigenvalue weighted by atomic mass is 35.5. The molecular formula is C14H18ClNO2. The van der Waals surface area contributed by atoms with Crippen LogP contribution in [0, 0.1) is 0 Å². The molecule has 2 aliphatic rings. The zero-order chi connectivity index (χ0) is 12.4. The van der Waals surface area contributed by atoms with Crippen LogP contribution in [-0.2, 0) is 15.9 Å². The number of hydrogen-bond acceptors (Lipinski definition) is 3. The third-order valence-electron chi connectivity index (χ3n) is 3.72. The highest BCUT2D eigenvalue weighted by molar-refractivity contribution is 6.30. The van der Waals surface area contributed by atoms with Crippen LogP contribution in [0.15, 0.2) is 24.3 Å². The average molecular weight is 268 g/mol. The molecular weight excluding hydrogens is 250 g/mol. The zero-order valence-electron chi connectivity index (χ0n) is 10.4. The smallest absolute Gasteiger partial charge is 0.182 e. The van der Waals surface area contributed by atoms with Crippen LogP contribution >= 0.6 is 11.6 Å². The Balaban J connectivity index is 1.51. The minimum Gasteiger partial charge on any atom is -0.346 e. The summed E-state index contributed by atoms with van der Waals surface area (Å²) >= 11 is 5.88. The summed E-state index contributed by atoms with van der Waals surface area (Å²) in [5.41, 5.74) is 1.33. The number of ether oxygens (including phenoxy) is 2. The number of nitrogens with zero attached hydrogens (tertiary/aromatic N) is 1. The van der Waals surface area contributed by atoms with Crippen molar-refractivity contribution in [2.75, 3.05) is 32.8 Å². The van der Waals surface area contributed by atoms with Crippen LogP contribution in [0.4, 0.5) is 0 Å². The summed E-state index contributed by atoms with van der Waals surface area (Å²) in [6.45, 7) is 4.50. The number of hydrogen-bond donors (Lipinski definition) is 0. The second-order valence-electron chi connectivity index (χ2n) is 5.01. The zero-order valence-corrected chi connectivity index (χ0v) is 11.2. The lowest BCUT2D eigenvalue weighted by molar-refractivity contribution is -0.145. The predicted molar refractivity (Wildman–Crippen MR) is 70.8 cm³/mol. The van der Waals surface area contributed by atoms with Crippen molar-refractivity contribution in [1.82, 2.24) is 4.90 Å². The first-order chi connectivity index (χ1) is 8.76. The summed E-state index contributed by atoms with van der Waals surface area (Å²) in [5.74, 6) is -0.292. The van der Waals surface area contributed by atoms with Gasteiger partial charge in [0, 0.05) is 24.5 Å². The third-order valence-corrected chi connectivity index (χ3v) is 3.97. The minimum atomic E-state index is -0.292. The molecule has 98 valence electrons. The molecule has 0 atom stereocenters. The van der Waals surface area contributed by atoms with E-state index in [-0.39, 0.29) is 5.79 Å². The SMILES string of the molecule is Clc1ccc(CCN2CCC3(C2)OCCO3)cc1. The van der Waals surface area contributed by atoms with Gasteiger partial charge < -0.3 is 9.47 Å². The number of halogens is 1. The Morgan fingerprint density at radius 1 is 1.17 bits per heavy atom. The summed E-state index contributed by atoms with van der Waals surface area (Å²) in [6, 6.07) is 8.09. The van der Waals surface area contributed by atoms with Gasteiger partial charge in [-0.1, -0.05) is 23.7 Å². The van der Waals surface area contributed by atoms with Crippen molar-refractivity contribution in [1.29, 1.82) is 0 Å². The van der Waals surface area contributed by atoms with E-state index in [9.17, 15) is 0 Å². The largest absolute Gasteiger partial charge is 0.346 e. The molecule has 18 heavy (non-hydrogen) atoms. The van der Waals surface area contributed by atoms with Crippen molar-refractivity contribution in [2.24, 2.45) is 0 Å². The lowest BCUT2D eigenvalue weighted by Gasteiger charge is -2.22. The minimum absolute atomic E-state index is 0.292. The summed E-state index contributed by atoms with van der Waals surface area (Å²) in [7, 11) is 0. The van der Waals surface area contributed by atoms with Gasteiger partial charge in [0.15, 0.2) is 5.79 Å². The van der Waals surface area contributed by atoms with E-state index in [1.807, 2.05) is 12.1 Å². The van der Waals surface area contributed by atoms with E-state index in [1.165, 1.54) is 5.56 Å². The standard InChI is InChI=1S/C14H18ClNO2/c15-13-3-1-12(2-4-13)5-7-16-8-6-14(11-16)17-9-10-18-14/h1-4H,5-11H2. The molecule has 2 fully saturated rings. The molecule has 3 rings (SSSR count). The molecule has 0 aromatic heterocycles. The van der Waals surface area contributed by atoms with Crippen molar-refractivity contribution >= 4 is 11.6 Å². The Morgan fingerprint density at radius 2 is 1.89 bits per heavy atom. The topological polar surface area (TPSA) is 21.7 Å². The molecule has 4 heteroatoms. The fourth-order valence-electron chi connectivity index (χ4n) is 2.69. The van der Waals surface area contributed by atoms with E-state index in [0.29, 0.717) is 0 Å². The Morgan fingerprint density at radius 3 is 2.61 bits per heavy atom. The van der Waals surface area contributed by atoms with Gasteiger partial charge in [0.1, 0.15) is 0 Å². The van der Waals surface area contributed by atoms with Gasteiger partial charge in [-0.15, -0.1) is 0 Å². The molecule has 0 amide bonds. The molecule has 0 unspecified atom stereocenters. The van der Waals surface area contributed by atoms with E-state index < -0.39 is 0 Å². The average Bonchev–Trinajstić information content (AvgIpc) is 3.00. The van der Waals surface area contributed by atoms with Crippen LogP contribution in [0.1, 0.15) is 12.0 Å². The van der Waals surface area contributed by atoms with Gasteiger partial charge in [-0.25, -0.2) is 0 Å². The van der Waals surface area contributed by atoms with E-state index in [0.717, 1.165) is 50.7 Å². The fraction of sp³-hybridized carbons (Fsp3) is 0.571. The lowest BCUT2D eigenvalue weighted by Crippen LogP contribution is -2.34. The summed E-state index contributed by atoms with van der Waals surface area (Å²) in [6.07, 6.45) is 2.04. The molecule has 2 aliphatic heterocycles. The molecule has 3 nitrogen and oxygen atoms in total. The van der Waals surface area contributed by atoms with Gasteiger partial charge in [0.2, 0.25) is 0 Å². The molecule has 1 aromatic carbocycles. The third kappa shape index (κ3) is 2.69. The van der Waals surface area contributed by atoms with Crippen molar-refractivity contribution in [3.8, 4) is 0 Å². The van der Waals surface area contributed by atoms with Crippen LogP contribution in [-0.4, -0.2) is 43.5 Å². The van der Waals surface area contributed by atoms with Crippen LogP contribution in [0.5, 0.6) is 0 Å². The first kappa shape index (κ1) is 12.4. The normalized spacial score (nSPS) is 22.9. The number of benzene rings is 1. The quantitative estimate of drug-likeness (QED) is 0.839. The van der Waals surface area contributed by atoms with Gasteiger partial charge in [0.05, 0.1) is 19.8 Å². The fourth-order valence-corrected chi connectivity index (χ4v) is 2.82. The van der Waals surface area contributed by atoms with E-state index in [2.05, 4.69) is 17.0 Å². The molecule has 1 aromatic rings. The predicted octanol–water partition coefficient (Wildman–Crippen LogP) is 2.33. The monoisotopic (exact) mass is 267 g/mol. The Labute approximate surface area is 113 Å². The van der Waals surface area contributed by atoms with Crippen LogP contribution in [0.3, 0.4) is 0 Å². The molecule has 1 spiro atoms. The van der Waals surface area contributed by atoms with Gasteiger partial charge in [-0.05, 0) is 24.1 Å². The Hall–Kier alpha value is -0.610. The maximum Gasteiger partial charge on any atom is 0.182 e. The highest BCUT2D eigenvalue weighted by Gasteiger charge is 2.42. The van der Waals surface area contributed by atoms with E-state index in [4.69, 9.17) is 21.1 Å². The molecule has 0 aliphatic carbocycles. The van der Waals surface area contributed by atoms with Crippen molar-refractivity contribution in [3.63, 3.8) is 0 Å². The summed E-state index contributed by atoms with van der Waals surface area (Å²) in [4.78, 5) is 2.42.